The number of rotatable bonds is 5. The number of carbonyl (C=O) groups is 3. The third kappa shape index (κ3) is 5.62. The number of benzene rings is 2. The molecule has 0 spiro atoms. The molecule has 1 aliphatic rings. The second kappa shape index (κ2) is 9.20. The molecule has 1 heterocycles. The SMILES string of the molecule is CC(=O)c1ccc(OCC(=O)N2CCN(C(=O)c3ccc(C(F)(F)F)cc3)CC2)cc1. The predicted molar refractivity (Wildman–Crippen MR) is 106 cm³/mol. The van der Waals surface area contributed by atoms with Crippen molar-refractivity contribution >= 4 is 17.6 Å². The van der Waals surface area contributed by atoms with Crippen molar-refractivity contribution in [3.05, 3.63) is 65.2 Å². The van der Waals surface area contributed by atoms with Crippen LogP contribution in [0.15, 0.2) is 48.5 Å². The number of halogens is 3. The Labute approximate surface area is 177 Å². The Morgan fingerprint density at radius 3 is 1.87 bits per heavy atom. The van der Waals surface area contributed by atoms with Crippen LogP contribution in [-0.4, -0.2) is 60.2 Å². The Hall–Kier alpha value is -3.36. The number of ketones is 1. The molecule has 0 atom stereocenters. The zero-order valence-electron chi connectivity index (χ0n) is 16.8. The van der Waals surface area contributed by atoms with Crippen LogP contribution in [0.25, 0.3) is 0 Å². The first-order valence-electron chi connectivity index (χ1n) is 9.63. The molecule has 0 radical (unpaired) electrons. The van der Waals surface area contributed by atoms with E-state index in [1.54, 1.807) is 29.2 Å². The first-order valence-corrected chi connectivity index (χ1v) is 9.63. The standard InChI is InChI=1S/C22H21F3N2O4/c1-15(28)16-4-8-19(9-5-16)31-14-20(29)26-10-12-27(13-11-26)21(30)17-2-6-18(7-3-17)22(23,24)25/h2-9H,10-14H2,1H3. The maximum absolute atomic E-state index is 12.7. The summed E-state index contributed by atoms with van der Waals surface area (Å²) in [5, 5.41) is 0. The highest BCUT2D eigenvalue weighted by Crippen LogP contribution is 2.29. The summed E-state index contributed by atoms with van der Waals surface area (Å²) < 4.78 is 43.4. The Morgan fingerprint density at radius 1 is 0.839 bits per heavy atom. The lowest BCUT2D eigenvalue weighted by atomic mass is 10.1. The number of carbonyl (C=O) groups excluding carboxylic acids is 3. The van der Waals surface area contributed by atoms with Gasteiger partial charge in [-0.1, -0.05) is 0 Å². The molecule has 9 heteroatoms. The van der Waals surface area contributed by atoms with Crippen molar-refractivity contribution in [1.29, 1.82) is 0 Å². The monoisotopic (exact) mass is 434 g/mol. The molecule has 2 aromatic carbocycles. The van der Waals surface area contributed by atoms with Crippen LogP contribution in [0.1, 0.15) is 33.2 Å². The predicted octanol–water partition coefficient (Wildman–Crippen LogP) is 3.27. The van der Waals surface area contributed by atoms with Gasteiger partial charge in [-0.15, -0.1) is 0 Å². The first-order chi connectivity index (χ1) is 14.6. The van der Waals surface area contributed by atoms with E-state index in [4.69, 9.17) is 4.74 Å². The molecular weight excluding hydrogens is 413 g/mol. The lowest BCUT2D eigenvalue weighted by Crippen LogP contribution is -2.51. The van der Waals surface area contributed by atoms with Gasteiger partial charge in [-0.2, -0.15) is 13.2 Å². The molecule has 0 N–H and O–H groups in total. The van der Waals surface area contributed by atoms with Crippen LogP contribution in [0, 0.1) is 0 Å². The van der Waals surface area contributed by atoms with E-state index in [9.17, 15) is 27.6 Å². The van der Waals surface area contributed by atoms with Crippen molar-refractivity contribution in [3.8, 4) is 5.75 Å². The van der Waals surface area contributed by atoms with Crippen LogP contribution in [-0.2, 0) is 11.0 Å². The Bertz CT molecular complexity index is 948. The molecule has 1 saturated heterocycles. The summed E-state index contributed by atoms with van der Waals surface area (Å²) in [5.74, 6) is -0.208. The van der Waals surface area contributed by atoms with Gasteiger partial charge in [-0.05, 0) is 55.5 Å². The normalized spacial score (nSPS) is 14.3. The summed E-state index contributed by atoms with van der Waals surface area (Å²) in [5.41, 5.74) is -0.0898. The molecule has 1 aliphatic heterocycles. The van der Waals surface area contributed by atoms with Crippen molar-refractivity contribution in [3.63, 3.8) is 0 Å². The number of nitrogens with zero attached hydrogens (tertiary/aromatic N) is 2. The molecular formula is C22H21F3N2O4. The van der Waals surface area contributed by atoms with Crippen molar-refractivity contribution in [2.45, 2.75) is 13.1 Å². The number of amides is 2. The topological polar surface area (TPSA) is 66.9 Å². The van der Waals surface area contributed by atoms with Gasteiger partial charge in [-0.3, -0.25) is 14.4 Å². The lowest BCUT2D eigenvalue weighted by molar-refractivity contribution is -0.137. The first kappa shape index (κ1) is 22.3. The fourth-order valence-electron chi connectivity index (χ4n) is 3.17. The van der Waals surface area contributed by atoms with E-state index in [2.05, 4.69) is 0 Å². The molecule has 0 unspecified atom stereocenters. The van der Waals surface area contributed by atoms with E-state index in [0.29, 0.717) is 24.4 Å². The maximum atomic E-state index is 12.7. The van der Waals surface area contributed by atoms with Crippen molar-refractivity contribution in [1.82, 2.24) is 9.80 Å². The van der Waals surface area contributed by atoms with E-state index in [0.717, 1.165) is 24.3 Å². The highest BCUT2D eigenvalue weighted by Gasteiger charge is 2.31. The summed E-state index contributed by atoms with van der Waals surface area (Å²) in [4.78, 5) is 39.2. The zero-order valence-corrected chi connectivity index (χ0v) is 16.8. The molecule has 2 amide bonds. The number of ether oxygens (including phenoxy) is 1. The summed E-state index contributed by atoms with van der Waals surface area (Å²) in [6.45, 7) is 2.45. The van der Waals surface area contributed by atoms with Crippen LogP contribution in [0.2, 0.25) is 0 Å². The average molecular weight is 434 g/mol. The van der Waals surface area contributed by atoms with E-state index in [1.165, 1.54) is 11.8 Å². The number of alkyl halides is 3. The largest absolute Gasteiger partial charge is 0.484 e. The fraction of sp³-hybridized carbons (Fsp3) is 0.318. The van der Waals surface area contributed by atoms with Crippen LogP contribution in [0.3, 0.4) is 0 Å². The van der Waals surface area contributed by atoms with E-state index < -0.39 is 11.7 Å². The minimum absolute atomic E-state index is 0.0636. The summed E-state index contributed by atoms with van der Waals surface area (Å²) >= 11 is 0. The highest BCUT2D eigenvalue weighted by atomic mass is 19.4. The minimum Gasteiger partial charge on any atom is -0.484 e. The van der Waals surface area contributed by atoms with Gasteiger partial charge in [-0.25, -0.2) is 0 Å². The molecule has 0 aliphatic carbocycles. The van der Waals surface area contributed by atoms with E-state index in [-0.39, 0.29) is 42.9 Å². The van der Waals surface area contributed by atoms with Gasteiger partial charge in [0, 0.05) is 37.3 Å². The molecule has 164 valence electrons. The zero-order chi connectivity index (χ0) is 22.6. The minimum atomic E-state index is -4.45. The Balaban J connectivity index is 1.48. The Kier molecular flexibility index (Phi) is 6.62. The van der Waals surface area contributed by atoms with Gasteiger partial charge in [0.25, 0.3) is 11.8 Å². The van der Waals surface area contributed by atoms with Gasteiger partial charge in [0.1, 0.15) is 5.75 Å². The van der Waals surface area contributed by atoms with Gasteiger partial charge in [0.2, 0.25) is 0 Å². The second-order valence-corrected chi connectivity index (χ2v) is 7.12. The second-order valence-electron chi connectivity index (χ2n) is 7.12. The van der Waals surface area contributed by atoms with Gasteiger partial charge in [0.15, 0.2) is 12.4 Å². The van der Waals surface area contributed by atoms with Gasteiger partial charge in [0.05, 0.1) is 5.56 Å². The van der Waals surface area contributed by atoms with Crippen LogP contribution < -0.4 is 4.74 Å². The maximum Gasteiger partial charge on any atom is 0.416 e. The number of Topliss-reactive ketones (excluding diaryl/α,β-unsaturated/α-hetero) is 1. The molecule has 3 rings (SSSR count). The van der Waals surface area contributed by atoms with Crippen molar-refractivity contribution in [2.24, 2.45) is 0 Å². The molecule has 1 fully saturated rings. The van der Waals surface area contributed by atoms with Crippen molar-refractivity contribution in [2.75, 3.05) is 32.8 Å². The quantitative estimate of drug-likeness (QED) is 0.678. The number of piperazine rings is 1. The smallest absolute Gasteiger partial charge is 0.416 e. The number of hydrogen-bond donors (Lipinski definition) is 0. The average Bonchev–Trinajstić information content (AvgIpc) is 2.77. The Morgan fingerprint density at radius 2 is 1.35 bits per heavy atom. The van der Waals surface area contributed by atoms with Crippen LogP contribution in [0.5, 0.6) is 5.75 Å². The molecule has 2 aromatic rings. The third-order valence-electron chi connectivity index (χ3n) is 5.00. The number of hydrogen-bond acceptors (Lipinski definition) is 4. The summed E-state index contributed by atoms with van der Waals surface area (Å²) in [6, 6.07) is 10.6. The third-order valence-corrected chi connectivity index (χ3v) is 5.00. The molecule has 6 nitrogen and oxygen atoms in total. The molecule has 31 heavy (non-hydrogen) atoms. The van der Waals surface area contributed by atoms with Crippen LogP contribution >= 0.6 is 0 Å². The van der Waals surface area contributed by atoms with Gasteiger partial charge >= 0.3 is 6.18 Å². The highest BCUT2D eigenvalue weighted by molar-refractivity contribution is 5.94. The van der Waals surface area contributed by atoms with Crippen LogP contribution in [0.4, 0.5) is 13.2 Å². The molecule has 0 saturated carbocycles. The van der Waals surface area contributed by atoms with Crippen molar-refractivity contribution < 1.29 is 32.3 Å². The molecule has 0 bridgehead atoms. The van der Waals surface area contributed by atoms with Gasteiger partial charge < -0.3 is 14.5 Å². The summed E-state index contributed by atoms with van der Waals surface area (Å²) in [6.07, 6.45) is -4.45. The fourth-order valence-corrected chi connectivity index (χ4v) is 3.17. The lowest BCUT2D eigenvalue weighted by Gasteiger charge is -2.34. The summed E-state index contributed by atoms with van der Waals surface area (Å²) in [7, 11) is 0. The molecule has 0 aromatic heterocycles. The van der Waals surface area contributed by atoms with E-state index >= 15 is 0 Å². The van der Waals surface area contributed by atoms with E-state index in [1.807, 2.05) is 0 Å².